The second-order valence-corrected chi connectivity index (χ2v) is 6.01. The summed E-state index contributed by atoms with van der Waals surface area (Å²) in [6.07, 6.45) is 5.35. The van der Waals surface area contributed by atoms with Gasteiger partial charge in [-0.15, -0.1) is 6.42 Å². The van der Waals surface area contributed by atoms with E-state index in [0.717, 1.165) is 5.56 Å². The van der Waals surface area contributed by atoms with Gasteiger partial charge in [0.2, 0.25) is 0 Å². The molecule has 3 heteroatoms. The summed E-state index contributed by atoms with van der Waals surface area (Å²) in [6, 6.07) is 21.4. The Balaban J connectivity index is 1.67. The van der Waals surface area contributed by atoms with Gasteiger partial charge in [0.25, 0.3) is 11.8 Å². The van der Waals surface area contributed by atoms with Crippen molar-refractivity contribution in [3.63, 3.8) is 0 Å². The van der Waals surface area contributed by atoms with Crippen molar-refractivity contribution < 1.29 is 9.59 Å². The van der Waals surface area contributed by atoms with Gasteiger partial charge in [-0.2, -0.15) is 0 Å². The fraction of sp³-hybridized carbons (Fsp3) is 0. The molecule has 1 heterocycles. The molecule has 1 aliphatic heterocycles. The number of fused-ring (bicyclic) bond motifs is 1. The summed E-state index contributed by atoms with van der Waals surface area (Å²) in [7, 11) is 0. The number of carbonyl (C=O) groups excluding carboxylic acids is 2. The molecule has 0 unspecified atom stereocenters. The Morgan fingerprint density at radius 1 is 0.667 bits per heavy atom. The molecule has 1 aliphatic rings. The average molecular weight is 347 g/mol. The molecule has 0 spiro atoms. The Morgan fingerprint density at radius 3 is 2.00 bits per heavy atom. The van der Waals surface area contributed by atoms with Gasteiger partial charge in [-0.05, 0) is 54.6 Å². The van der Waals surface area contributed by atoms with E-state index in [9.17, 15) is 9.59 Å². The predicted molar refractivity (Wildman–Crippen MR) is 104 cm³/mol. The lowest BCUT2D eigenvalue weighted by Crippen LogP contribution is -2.29. The summed E-state index contributed by atoms with van der Waals surface area (Å²) in [5.74, 6) is 7.92. The average Bonchev–Trinajstić information content (AvgIpc) is 2.97. The molecular formula is C24H13NO2. The molecule has 0 bridgehead atoms. The molecule has 27 heavy (non-hydrogen) atoms. The van der Waals surface area contributed by atoms with Crippen molar-refractivity contribution >= 4 is 17.5 Å². The van der Waals surface area contributed by atoms with Crippen molar-refractivity contribution in [2.24, 2.45) is 0 Å². The maximum absolute atomic E-state index is 12.8. The van der Waals surface area contributed by atoms with Gasteiger partial charge in [0.05, 0.1) is 16.8 Å². The number of imide groups is 1. The summed E-state index contributed by atoms with van der Waals surface area (Å²) < 4.78 is 0. The van der Waals surface area contributed by atoms with E-state index in [-0.39, 0.29) is 11.8 Å². The molecule has 0 fully saturated rings. The molecule has 0 aromatic heterocycles. The smallest absolute Gasteiger partial charge is 0.266 e. The van der Waals surface area contributed by atoms with E-state index >= 15 is 0 Å². The van der Waals surface area contributed by atoms with Crippen LogP contribution in [0.25, 0.3) is 0 Å². The van der Waals surface area contributed by atoms with Gasteiger partial charge < -0.3 is 0 Å². The van der Waals surface area contributed by atoms with E-state index in [2.05, 4.69) is 17.8 Å². The van der Waals surface area contributed by atoms with Crippen LogP contribution in [0.15, 0.2) is 72.8 Å². The molecule has 3 aromatic carbocycles. The number of amides is 2. The van der Waals surface area contributed by atoms with Gasteiger partial charge in [-0.25, -0.2) is 4.90 Å². The Bertz CT molecular complexity index is 1160. The summed E-state index contributed by atoms with van der Waals surface area (Å²) >= 11 is 0. The second kappa shape index (κ2) is 6.67. The normalized spacial score (nSPS) is 12.2. The third kappa shape index (κ3) is 2.99. The van der Waals surface area contributed by atoms with Crippen LogP contribution in [0.1, 0.15) is 37.4 Å². The minimum Gasteiger partial charge on any atom is -0.268 e. The first-order chi connectivity index (χ1) is 13.2. The molecule has 126 valence electrons. The van der Waals surface area contributed by atoms with Crippen LogP contribution in [-0.4, -0.2) is 11.8 Å². The molecule has 0 atom stereocenters. The Kier molecular flexibility index (Phi) is 4.05. The lowest BCUT2D eigenvalue weighted by atomic mass is 10.1. The first-order valence-electron chi connectivity index (χ1n) is 8.34. The Morgan fingerprint density at radius 2 is 1.30 bits per heavy atom. The highest BCUT2D eigenvalue weighted by molar-refractivity contribution is 6.34. The number of hydrogen-bond donors (Lipinski definition) is 0. The van der Waals surface area contributed by atoms with Crippen LogP contribution >= 0.6 is 0 Å². The zero-order valence-corrected chi connectivity index (χ0v) is 14.3. The number of carbonyl (C=O) groups is 2. The summed E-state index contributed by atoms with van der Waals surface area (Å²) in [4.78, 5) is 26.7. The van der Waals surface area contributed by atoms with Crippen LogP contribution in [0.3, 0.4) is 0 Å². The Hall–Kier alpha value is -4.08. The number of anilines is 1. The van der Waals surface area contributed by atoms with Crippen LogP contribution < -0.4 is 4.90 Å². The SMILES string of the molecule is C#Cc1ccc(N2C(=O)c3ccc(C#Cc4ccccc4)cc3C2=O)cc1. The van der Waals surface area contributed by atoms with Gasteiger partial charge in [0, 0.05) is 16.7 Å². The van der Waals surface area contributed by atoms with Crippen LogP contribution in [0.4, 0.5) is 5.69 Å². The minimum atomic E-state index is -0.355. The standard InChI is InChI=1S/C24H13NO2/c1-2-17-10-13-20(14-11-17)25-23(26)21-15-12-19(16-22(21)24(25)27)9-8-18-6-4-3-5-7-18/h1,3-7,10-16H. The quantitative estimate of drug-likeness (QED) is 0.495. The van der Waals surface area contributed by atoms with Crippen molar-refractivity contribution in [3.05, 3.63) is 101 Å². The summed E-state index contributed by atoms with van der Waals surface area (Å²) in [6.45, 7) is 0. The minimum absolute atomic E-state index is 0.342. The number of terminal acetylenes is 1. The van der Waals surface area contributed by atoms with Crippen molar-refractivity contribution in [1.82, 2.24) is 0 Å². The summed E-state index contributed by atoms with van der Waals surface area (Å²) in [5, 5.41) is 0. The van der Waals surface area contributed by atoms with E-state index < -0.39 is 0 Å². The van der Waals surface area contributed by atoms with Crippen molar-refractivity contribution in [3.8, 4) is 24.2 Å². The third-order valence-corrected chi connectivity index (χ3v) is 4.30. The largest absolute Gasteiger partial charge is 0.268 e. The van der Waals surface area contributed by atoms with E-state index in [4.69, 9.17) is 6.42 Å². The van der Waals surface area contributed by atoms with Crippen LogP contribution in [0.2, 0.25) is 0 Å². The number of hydrogen-bond acceptors (Lipinski definition) is 2. The predicted octanol–water partition coefficient (Wildman–Crippen LogP) is 3.87. The van der Waals surface area contributed by atoms with Crippen molar-refractivity contribution in [2.45, 2.75) is 0 Å². The van der Waals surface area contributed by atoms with Crippen LogP contribution in [0.5, 0.6) is 0 Å². The topological polar surface area (TPSA) is 37.4 Å². The third-order valence-electron chi connectivity index (χ3n) is 4.30. The number of benzene rings is 3. The molecule has 3 nitrogen and oxygen atoms in total. The highest BCUT2D eigenvalue weighted by Crippen LogP contribution is 2.29. The molecular weight excluding hydrogens is 334 g/mol. The molecule has 0 saturated heterocycles. The van der Waals surface area contributed by atoms with Crippen molar-refractivity contribution in [2.75, 3.05) is 4.90 Å². The summed E-state index contributed by atoms with van der Waals surface area (Å²) in [5.41, 5.74) is 3.50. The van der Waals surface area contributed by atoms with E-state index in [1.165, 1.54) is 4.90 Å². The Labute approximate surface area is 157 Å². The fourth-order valence-corrected chi connectivity index (χ4v) is 2.93. The molecule has 0 saturated carbocycles. The fourth-order valence-electron chi connectivity index (χ4n) is 2.93. The van der Waals surface area contributed by atoms with Gasteiger partial charge in [-0.3, -0.25) is 9.59 Å². The highest BCUT2D eigenvalue weighted by Gasteiger charge is 2.36. The van der Waals surface area contributed by atoms with E-state index in [1.807, 2.05) is 30.3 Å². The van der Waals surface area contributed by atoms with Gasteiger partial charge in [-0.1, -0.05) is 36.0 Å². The first-order valence-corrected chi connectivity index (χ1v) is 8.34. The zero-order valence-electron chi connectivity index (χ0n) is 14.3. The van der Waals surface area contributed by atoms with E-state index in [0.29, 0.717) is 27.9 Å². The van der Waals surface area contributed by atoms with Gasteiger partial charge >= 0.3 is 0 Å². The molecule has 4 rings (SSSR count). The second-order valence-electron chi connectivity index (χ2n) is 6.01. The van der Waals surface area contributed by atoms with E-state index in [1.54, 1.807) is 42.5 Å². The molecule has 0 aliphatic carbocycles. The van der Waals surface area contributed by atoms with Crippen LogP contribution in [-0.2, 0) is 0 Å². The molecule has 2 amide bonds. The maximum Gasteiger partial charge on any atom is 0.266 e. The monoisotopic (exact) mass is 347 g/mol. The zero-order chi connectivity index (χ0) is 18.8. The highest BCUT2D eigenvalue weighted by atomic mass is 16.2. The number of nitrogens with zero attached hydrogens (tertiary/aromatic N) is 1. The molecule has 3 aromatic rings. The molecule has 0 N–H and O–H groups in total. The number of rotatable bonds is 1. The maximum atomic E-state index is 12.8. The van der Waals surface area contributed by atoms with Gasteiger partial charge in [0.1, 0.15) is 0 Å². The van der Waals surface area contributed by atoms with Gasteiger partial charge in [0.15, 0.2) is 0 Å². The first kappa shape index (κ1) is 16.4. The molecule has 0 radical (unpaired) electrons. The van der Waals surface area contributed by atoms with Crippen molar-refractivity contribution in [1.29, 1.82) is 0 Å². The lowest BCUT2D eigenvalue weighted by Gasteiger charge is -2.13. The lowest BCUT2D eigenvalue weighted by molar-refractivity contribution is 0.0926. The van der Waals surface area contributed by atoms with Crippen LogP contribution in [0, 0.1) is 24.2 Å².